The number of hydrogen-bond acceptors (Lipinski definition) is 2. The second kappa shape index (κ2) is 6.26. The molecule has 15 heavy (non-hydrogen) atoms. The molecule has 2 nitrogen and oxygen atoms in total. The van der Waals surface area contributed by atoms with Crippen molar-refractivity contribution in [3.05, 3.63) is 34.3 Å². The average Bonchev–Trinajstić information content (AvgIpc) is 2.21. The predicted octanol–water partition coefficient (Wildman–Crippen LogP) is 2.87. The zero-order chi connectivity index (χ0) is 11.3. The van der Waals surface area contributed by atoms with Gasteiger partial charge in [-0.05, 0) is 31.0 Å². The molecule has 0 amide bonds. The third kappa shape index (κ3) is 4.33. The molecule has 0 aliphatic heterocycles. The third-order valence-electron chi connectivity index (χ3n) is 2.34. The molecule has 0 radical (unpaired) electrons. The molecule has 0 saturated carbocycles. The number of benzene rings is 1. The zero-order valence-electron chi connectivity index (χ0n) is 9.20. The van der Waals surface area contributed by atoms with Gasteiger partial charge in [-0.2, -0.15) is 0 Å². The molecule has 2 N–H and O–H groups in total. The van der Waals surface area contributed by atoms with Crippen molar-refractivity contribution in [2.24, 2.45) is 0 Å². The highest BCUT2D eigenvalue weighted by Gasteiger charge is 2.08. The minimum absolute atomic E-state index is 0.297. The lowest BCUT2D eigenvalue weighted by Crippen LogP contribution is -2.28. The Hall–Kier alpha value is -0.380. The molecule has 84 valence electrons. The van der Waals surface area contributed by atoms with E-state index in [1.54, 1.807) is 6.92 Å². The lowest BCUT2D eigenvalue weighted by Gasteiger charge is -2.18. The van der Waals surface area contributed by atoms with Gasteiger partial charge in [0.25, 0.3) is 0 Å². The summed E-state index contributed by atoms with van der Waals surface area (Å²) in [7, 11) is 0. The Kier molecular flexibility index (Phi) is 5.29. The minimum Gasteiger partial charge on any atom is -0.392 e. The molecular formula is C12H18BrNO. The third-order valence-corrected chi connectivity index (χ3v) is 2.87. The van der Waals surface area contributed by atoms with Crippen molar-refractivity contribution in [1.29, 1.82) is 0 Å². The van der Waals surface area contributed by atoms with Crippen LogP contribution in [0.25, 0.3) is 0 Å². The Morgan fingerprint density at radius 2 is 1.93 bits per heavy atom. The van der Waals surface area contributed by atoms with Crippen molar-refractivity contribution in [1.82, 2.24) is 5.32 Å². The van der Waals surface area contributed by atoms with Crippen LogP contribution in [0.3, 0.4) is 0 Å². The molecule has 0 aliphatic carbocycles. The van der Waals surface area contributed by atoms with Crippen LogP contribution in [0.15, 0.2) is 28.7 Å². The van der Waals surface area contributed by atoms with E-state index in [-0.39, 0.29) is 6.10 Å². The van der Waals surface area contributed by atoms with E-state index in [2.05, 4.69) is 40.3 Å². The smallest absolute Gasteiger partial charge is 0.0636 e. The topological polar surface area (TPSA) is 32.3 Å². The summed E-state index contributed by atoms with van der Waals surface area (Å²) in [6.07, 6.45) is 0.725. The first kappa shape index (κ1) is 12.7. The van der Waals surface area contributed by atoms with E-state index in [1.165, 1.54) is 5.56 Å². The quantitative estimate of drug-likeness (QED) is 0.863. The van der Waals surface area contributed by atoms with Gasteiger partial charge in [-0.3, -0.25) is 0 Å². The predicted molar refractivity (Wildman–Crippen MR) is 66.9 cm³/mol. The summed E-state index contributed by atoms with van der Waals surface area (Å²) in [5, 5.41) is 12.6. The lowest BCUT2D eigenvalue weighted by molar-refractivity contribution is 0.185. The van der Waals surface area contributed by atoms with E-state index in [0.29, 0.717) is 12.6 Å². The van der Waals surface area contributed by atoms with Crippen LogP contribution in [0, 0.1) is 0 Å². The summed E-state index contributed by atoms with van der Waals surface area (Å²) in [6, 6.07) is 8.62. The van der Waals surface area contributed by atoms with Crippen molar-refractivity contribution >= 4 is 15.9 Å². The van der Waals surface area contributed by atoms with Gasteiger partial charge in [0.15, 0.2) is 0 Å². The van der Waals surface area contributed by atoms with E-state index in [4.69, 9.17) is 0 Å². The summed E-state index contributed by atoms with van der Waals surface area (Å²) in [5.41, 5.74) is 1.27. The van der Waals surface area contributed by atoms with Gasteiger partial charge in [-0.15, -0.1) is 0 Å². The van der Waals surface area contributed by atoms with Crippen LogP contribution in [0.4, 0.5) is 0 Å². The highest BCUT2D eigenvalue weighted by molar-refractivity contribution is 9.10. The number of hydrogen-bond donors (Lipinski definition) is 2. The highest BCUT2D eigenvalue weighted by atomic mass is 79.9. The molecule has 0 aliphatic rings. The normalized spacial score (nSPS) is 14.9. The first-order valence-electron chi connectivity index (χ1n) is 5.30. The Morgan fingerprint density at radius 3 is 2.40 bits per heavy atom. The summed E-state index contributed by atoms with van der Waals surface area (Å²) in [4.78, 5) is 0. The van der Waals surface area contributed by atoms with E-state index < -0.39 is 0 Å². The van der Waals surface area contributed by atoms with Crippen LogP contribution in [-0.4, -0.2) is 17.8 Å². The van der Waals surface area contributed by atoms with E-state index in [9.17, 15) is 5.11 Å². The summed E-state index contributed by atoms with van der Waals surface area (Å²) in [5.74, 6) is 0. The van der Waals surface area contributed by atoms with Gasteiger partial charge in [-0.25, -0.2) is 0 Å². The molecule has 0 heterocycles. The van der Waals surface area contributed by atoms with Crippen molar-refractivity contribution in [3.63, 3.8) is 0 Å². The van der Waals surface area contributed by atoms with Crippen molar-refractivity contribution < 1.29 is 5.11 Å². The fourth-order valence-electron chi connectivity index (χ4n) is 1.51. The maximum atomic E-state index is 9.22. The minimum atomic E-state index is -0.297. The summed E-state index contributed by atoms with van der Waals surface area (Å²) < 4.78 is 1.09. The summed E-state index contributed by atoms with van der Waals surface area (Å²) in [6.45, 7) is 4.57. The fourth-order valence-corrected chi connectivity index (χ4v) is 1.77. The second-order valence-corrected chi connectivity index (χ2v) is 4.69. The van der Waals surface area contributed by atoms with Gasteiger partial charge < -0.3 is 10.4 Å². The van der Waals surface area contributed by atoms with Crippen LogP contribution < -0.4 is 5.32 Å². The van der Waals surface area contributed by atoms with Gasteiger partial charge in [0.1, 0.15) is 0 Å². The number of aliphatic hydroxyl groups is 1. The van der Waals surface area contributed by atoms with E-state index >= 15 is 0 Å². The number of aliphatic hydroxyl groups excluding tert-OH is 1. The van der Waals surface area contributed by atoms with Crippen LogP contribution in [0.5, 0.6) is 0 Å². The van der Waals surface area contributed by atoms with Crippen LogP contribution in [0.2, 0.25) is 0 Å². The Balaban J connectivity index is 2.61. The molecule has 2 atom stereocenters. The molecule has 1 rings (SSSR count). The molecular weight excluding hydrogens is 254 g/mol. The Labute approximate surface area is 99.8 Å². The number of halogens is 1. The molecule has 3 heteroatoms. The Morgan fingerprint density at radius 1 is 1.33 bits per heavy atom. The monoisotopic (exact) mass is 271 g/mol. The second-order valence-electron chi connectivity index (χ2n) is 3.77. The highest BCUT2D eigenvalue weighted by Crippen LogP contribution is 2.19. The van der Waals surface area contributed by atoms with Gasteiger partial charge in [0, 0.05) is 17.1 Å². The first-order valence-corrected chi connectivity index (χ1v) is 6.09. The SMILES string of the molecule is CCC(NC[C@@H](C)O)c1ccc(Br)cc1. The van der Waals surface area contributed by atoms with Gasteiger partial charge in [0.05, 0.1) is 6.10 Å². The van der Waals surface area contributed by atoms with Crippen molar-refractivity contribution in [2.45, 2.75) is 32.4 Å². The molecule has 1 aromatic carbocycles. The van der Waals surface area contributed by atoms with Gasteiger partial charge in [0.2, 0.25) is 0 Å². The van der Waals surface area contributed by atoms with Crippen molar-refractivity contribution in [3.8, 4) is 0 Å². The maximum absolute atomic E-state index is 9.22. The van der Waals surface area contributed by atoms with E-state index in [0.717, 1.165) is 10.9 Å². The maximum Gasteiger partial charge on any atom is 0.0636 e. The number of rotatable bonds is 5. The zero-order valence-corrected chi connectivity index (χ0v) is 10.8. The summed E-state index contributed by atoms with van der Waals surface area (Å²) >= 11 is 3.42. The molecule has 1 unspecified atom stereocenters. The first-order chi connectivity index (χ1) is 7.13. The molecule has 0 spiro atoms. The fraction of sp³-hybridized carbons (Fsp3) is 0.500. The lowest BCUT2D eigenvalue weighted by atomic mass is 10.0. The van der Waals surface area contributed by atoms with Crippen LogP contribution in [0.1, 0.15) is 31.9 Å². The van der Waals surface area contributed by atoms with Crippen LogP contribution >= 0.6 is 15.9 Å². The van der Waals surface area contributed by atoms with Gasteiger partial charge >= 0.3 is 0 Å². The Bertz CT molecular complexity index is 284. The van der Waals surface area contributed by atoms with Gasteiger partial charge in [-0.1, -0.05) is 35.0 Å². The van der Waals surface area contributed by atoms with Crippen LogP contribution in [-0.2, 0) is 0 Å². The molecule has 0 saturated heterocycles. The molecule has 0 bridgehead atoms. The number of nitrogens with one attached hydrogen (secondary N) is 1. The molecule has 1 aromatic rings. The largest absolute Gasteiger partial charge is 0.392 e. The van der Waals surface area contributed by atoms with E-state index in [1.807, 2.05) is 12.1 Å². The standard InChI is InChI=1S/C12H18BrNO/c1-3-12(14-8-9(2)15)10-4-6-11(13)7-5-10/h4-7,9,12,14-15H,3,8H2,1-2H3/t9-,12?/m1/s1. The molecule has 0 aromatic heterocycles. The van der Waals surface area contributed by atoms with Crippen molar-refractivity contribution in [2.75, 3.05) is 6.54 Å². The molecule has 0 fully saturated rings. The average molecular weight is 272 g/mol.